The van der Waals surface area contributed by atoms with Crippen molar-refractivity contribution < 1.29 is 13.3 Å². The maximum Gasteiger partial charge on any atom is 0.363 e. The molecule has 0 fully saturated rings. The molecule has 0 aromatic carbocycles. The highest BCUT2D eigenvalue weighted by Crippen LogP contribution is 2.11. The highest BCUT2D eigenvalue weighted by molar-refractivity contribution is 7.89. The highest BCUT2D eigenvalue weighted by Gasteiger charge is 2.16. The molecule has 0 atom stereocenters. The molecular formula is C9H12N4O4S. The van der Waals surface area contributed by atoms with Gasteiger partial charge in [-0.2, -0.15) is 0 Å². The Balaban J connectivity index is 2.79. The van der Waals surface area contributed by atoms with Gasteiger partial charge in [0.25, 0.3) is 0 Å². The van der Waals surface area contributed by atoms with E-state index in [0.29, 0.717) is 6.54 Å². The number of pyridine rings is 1. The van der Waals surface area contributed by atoms with Gasteiger partial charge < -0.3 is 15.8 Å². The van der Waals surface area contributed by atoms with Crippen LogP contribution in [0.3, 0.4) is 0 Å². The Morgan fingerprint density at radius 2 is 2.17 bits per heavy atom. The highest BCUT2D eigenvalue weighted by atomic mass is 32.2. The average Bonchev–Trinajstić information content (AvgIpc) is 2.35. The number of rotatable bonds is 6. The monoisotopic (exact) mass is 272 g/mol. The second-order valence-corrected chi connectivity index (χ2v) is 4.94. The number of nitro groups is 1. The molecule has 0 aliphatic heterocycles. The Morgan fingerprint density at radius 3 is 2.67 bits per heavy atom. The third kappa shape index (κ3) is 3.87. The van der Waals surface area contributed by atoms with Crippen molar-refractivity contribution in [2.24, 2.45) is 5.73 Å². The quantitative estimate of drug-likeness (QED) is 0.418. The van der Waals surface area contributed by atoms with E-state index in [2.05, 4.69) is 9.71 Å². The second-order valence-electron chi connectivity index (χ2n) is 3.17. The summed E-state index contributed by atoms with van der Waals surface area (Å²) in [6.45, 7) is 0.414. The maximum absolute atomic E-state index is 11.7. The van der Waals surface area contributed by atoms with E-state index in [1.165, 1.54) is 0 Å². The smallest absolute Gasteiger partial charge is 0.358 e. The molecule has 0 saturated heterocycles. The van der Waals surface area contributed by atoms with Crippen molar-refractivity contribution in [1.29, 1.82) is 0 Å². The number of aromatic nitrogens is 1. The van der Waals surface area contributed by atoms with Crippen molar-refractivity contribution in [3.05, 3.63) is 40.6 Å². The molecule has 0 bridgehead atoms. The standard InChI is InChI=1S/C9H12N4O4S/c10-5-1-2-6-12-18(16,17)8-3-4-9(11-7-8)13(14)15/h1-4,7,12H,5-6,10H2/b2-1+. The summed E-state index contributed by atoms with van der Waals surface area (Å²) in [5.41, 5.74) is 5.20. The van der Waals surface area contributed by atoms with E-state index in [1.807, 2.05) is 0 Å². The lowest BCUT2D eigenvalue weighted by Gasteiger charge is -2.02. The van der Waals surface area contributed by atoms with Crippen LogP contribution >= 0.6 is 0 Å². The van der Waals surface area contributed by atoms with E-state index in [1.54, 1.807) is 12.2 Å². The Bertz CT molecular complexity index is 538. The summed E-state index contributed by atoms with van der Waals surface area (Å²) in [6, 6.07) is 2.16. The molecule has 0 saturated carbocycles. The van der Waals surface area contributed by atoms with Gasteiger partial charge in [0.05, 0.1) is 0 Å². The van der Waals surface area contributed by atoms with E-state index in [-0.39, 0.29) is 11.4 Å². The lowest BCUT2D eigenvalue weighted by Crippen LogP contribution is -2.24. The van der Waals surface area contributed by atoms with Crippen LogP contribution < -0.4 is 10.5 Å². The first kappa shape index (κ1) is 14.2. The van der Waals surface area contributed by atoms with Crippen LogP contribution in [0.25, 0.3) is 0 Å². The first-order valence-electron chi connectivity index (χ1n) is 4.92. The summed E-state index contributed by atoms with van der Waals surface area (Å²) in [6.07, 6.45) is 4.11. The van der Waals surface area contributed by atoms with Gasteiger partial charge in [-0.15, -0.1) is 0 Å². The Morgan fingerprint density at radius 1 is 1.44 bits per heavy atom. The van der Waals surface area contributed by atoms with E-state index in [4.69, 9.17) is 5.73 Å². The van der Waals surface area contributed by atoms with Gasteiger partial charge in [-0.3, -0.25) is 0 Å². The zero-order chi connectivity index (χ0) is 13.6. The van der Waals surface area contributed by atoms with E-state index >= 15 is 0 Å². The van der Waals surface area contributed by atoms with Crippen LogP contribution in [0, 0.1) is 10.1 Å². The van der Waals surface area contributed by atoms with Crippen LogP contribution in [0.5, 0.6) is 0 Å². The van der Waals surface area contributed by atoms with E-state index in [0.717, 1.165) is 18.3 Å². The van der Waals surface area contributed by atoms with Gasteiger partial charge >= 0.3 is 5.82 Å². The maximum atomic E-state index is 11.7. The third-order valence-electron chi connectivity index (χ3n) is 1.91. The third-order valence-corrected chi connectivity index (χ3v) is 3.32. The fraction of sp³-hybridized carbons (Fsp3) is 0.222. The van der Waals surface area contributed by atoms with Gasteiger partial charge in [-0.05, 0) is 16.0 Å². The Labute approximate surface area is 104 Å². The van der Waals surface area contributed by atoms with Gasteiger partial charge in [0.15, 0.2) is 6.20 Å². The minimum absolute atomic E-state index is 0.0938. The molecule has 3 N–H and O–H groups in total. The number of hydrogen-bond donors (Lipinski definition) is 2. The summed E-state index contributed by atoms with van der Waals surface area (Å²) < 4.78 is 25.7. The minimum Gasteiger partial charge on any atom is -0.358 e. The predicted molar refractivity (Wildman–Crippen MR) is 64.3 cm³/mol. The van der Waals surface area contributed by atoms with Crippen LogP contribution in [0.4, 0.5) is 5.82 Å². The van der Waals surface area contributed by atoms with Gasteiger partial charge in [-0.1, -0.05) is 12.2 Å². The largest absolute Gasteiger partial charge is 0.363 e. The molecule has 0 spiro atoms. The summed E-state index contributed by atoms with van der Waals surface area (Å²) in [5.74, 6) is -0.406. The molecule has 1 rings (SSSR count). The molecule has 9 heteroatoms. The van der Waals surface area contributed by atoms with Crippen LogP contribution in [0.1, 0.15) is 0 Å². The molecule has 0 radical (unpaired) electrons. The molecule has 0 aliphatic rings. The number of sulfonamides is 1. The first-order valence-corrected chi connectivity index (χ1v) is 6.41. The van der Waals surface area contributed by atoms with E-state index in [9.17, 15) is 18.5 Å². The number of hydrogen-bond acceptors (Lipinski definition) is 6. The topological polar surface area (TPSA) is 128 Å². The molecule has 18 heavy (non-hydrogen) atoms. The molecule has 1 heterocycles. The fourth-order valence-corrected chi connectivity index (χ4v) is 1.98. The molecule has 8 nitrogen and oxygen atoms in total. The lowest BCUT2D eigenvalue weighted by atomic mass is 10.5. The van der Waals surface area contributed by atoms with Gasteiger partial charge in [0, 0.05) is 19.2 Å². The van der Waals surface area contributed by atoms with Crippen LogP contribution in [0.2, 0.25) is 0 Å². The first-order chi connectivity index (χ1) is 8.47. The van der Waals surface area contributed by atoms with Crippen molar-refractivity contribution in [1.82, 2.24) is 9.71 Å². The molecule has 0 unspecified atom stereocenters. The second kappa shape index (κ2) is 6.19. The van der Waals surface area contributed by atoms with Crippen molar-refractivity contribution in [3.8, 4) is 0 Å². The Kier molecular flexibility index (Phi) is 4.89. The van der Waals surface area contributed by atoms with Crippen molar-refractivity contribution in [2.75, 3.05) is 13.1 Å². The number of nitrogens with one attached hydrogen (secondary N) is 1. The molecule has 0 amide bonds. The SMILES string of the molecule is NC/C=C/CNS(=O)(=O)c1ccc([N+](=O)[O-])nc1. The van der Waals surface area contributed by atoms with Crippen molar-refractivity contribution in [2.45, 2.75) is 4.90 Å². The summed E-state index contributed by atoms with van der Waals surface area (Å²) in [5, 5.41) is 10.4. The van der Waals surface area contributed by atoms with Crippen LogP contribution in [-0.2, 0) is 10.0 Å². The summed E-state index contributed by atoms with van der Waals surface area (Å²) >= 11 is 0. The molecule has 98 valence electrons. The molecule has 1 aromatic rings. The fourth-order valence-electron chi connectivity index (χ4n) is 1.06. The van der Waals surface area contributed by atoms with E-state index < -0.39 is 20.8 Å². The molecule has 0 aliphatic carbocycles. The zero-order valence-corrected chi connectivity index (χ0v) is 10.1. The Hall–Kier alpha value is -1.84. The summed E-state index contributed by atoms with van der Waals surface area (Å²) in [7, 11) is -3.71. The molecular weight excluding hydrogens is 260 g/mol. The van der Waals surface area contributed by atoms with Crippen molar-refractivity contribution in [3.63, 3.8) is 0 Å². The van der Waals surface area contributed by atoms with Gasteiger partial charge in [0.2, 0.25) is 10.0 Å². The van der Waals surface area contributed by atoms with Crippen LogP contribution in [-0.4, -0.2) is 31.4 Å². The van der Waals surface area contributed by atoms with Crippen LogP contribution in [0.15, 0.2) is 35.4 Å². The number of nitrogens with zero attached hydrogens (tertiary/aromatic N) is 2. The predicted octanol–water partition coefficient (Wildman–Crippen LogP) is -0.217. The molecule has 1 aromatic heterocycles. The zero-order valence-electron chi connectivity index (χ0n) is 9.31. The van der Waals surface area contributed by atoms with Crippen molar-refractivity contribution >= 4 is 15.8 Å². The average molecular weight is 272 g/mol. The van der Waals surface area contributed by atoms with Gasteiger partial charge in [-0.25, -0.2) is 13.1 Å². The normalized spacial score (nSPS) is 11.8. The lowest BCUT2D eigenvalue weighted by molar-refractivity contribution is -0.389. The number of nitrogens with two attached hydrogens (primary N) is 1. The van der Waals surface area contributed by atoms with Gasteiger partial charge in [0.1, 0.15) is 4.90 Å². The minimum atomic E-state index is -3.71. The summed E-state index contributed by atoms with van der Waals surface area (Å²) in [4.78, 5) is 13.0.